The number of aromatic nitrogens is 2. The first-order chi connectivity index (χ1) is 15.0. The zero-order chi connectivity index (χ0) is 21.8. The number of carbonyl (C=O) groups is 2. The van der Waals surface area contributed by atoms with E-state index in [0.29, 0.717) is 36.0 Å². The number of carbonyl (C=O) groups excluding carboxylic acids is 2. The van der Waals surface area contributed by atoms with Crippen molar-refractivity contribution in [1.82, 2.24) is 10.2 Å². The number of amides is 2. The molecular weight excluding hydrogens is 436 g/mol. The molecule has 0 saturated carbocycles. The Kier molecular flexibility index (Phi) is 6.48. The zero-order valence-electron chi connectivity index (χ0n) is 16.9. The topological polar surface area (TPSA) is 84.4 Å². The molecular formula is C22H21ClN4O3S. The van der Waals surface area contributed by atoms with Crippen molar-refractivity contribution < 1.29 is 14.3 Å². The maximum Gasteiger partial charge on any atom is 0.227 e. The Morgan fingerprint density at radius 1 is 1.19 bits per heavy atom. The van der Waals surface area contributed by atoms with E-state index < -0.39 is 0 Å². The molecule has 7 nitrogen and oxygen atoms in total. The predicted octanol–water partition coefficient (Wildman–Crippen LogP) is 4.29. The number of hydrogen-bond donors (Lipinski definition) is 1. The van der Waals surface area contributed by atoms with Gasteiger partial charge in [-0.1, -0.05) is 35.1 Å². The van der Waals surface area contributed by atoms with Crippen LogP contribution in [0.5, 0.6) is 5.75 Å². The lowest BCUT2D eigenvalue weighted by molar-refractivity contribution is -0.117. The standard InChI is InChI=1S/C22H21ClN4O3S/c1-30-18-9-2-14(3-10-18)4-11-19(28)24-22-26-25-21(31-22)15-12-20(29)27(13-15)17-7-5-16(23)6-8-17/h2-3,5-10,15H,4,11-13H2,1H3,(H,24,26,28)/t15-/m1/s1. The Hall–Kier alpha value is -2.97. The number of rotatable bonds is 7. The third kappa shape index (κ3) is 5.21. The van der Waals surface area contributed by atoms with Gasteiger partial charge in [0.2, 0.25) is 16.9 Å². The maximum absolute atomic E-state index is 12.5. The molecule has 1 atom stereocenters. The molecule has 1 saturated heterocycles. The minimum atomic E-state index is -0.121. The predicted molar refractivity (Wildman–Crippen MR) is 121 cm³/mol. The fourth-order valence-corrected chi connectivity index (χ4v) is 4.40. The Morgan fingerprint density at radius 3 is 2.65 bits per heavy atom. The van der Waals surface area contributed by atoms with Crippen LogP contribution in [0.4, 0.5) is 10.8 Å². The first-order valence-electron chi connectivity index (χ1n) is 9.84. The van der Waals surface area contributed by atoms with E-state index in [1.807, 2.05) is 36.4 Å². The lowest BCUT2D eigenvalue weighted by Gasteiger charge is -2.16. The summed E-state index contributed by atoms with van der Waals surface area (Å²) in [6.45, 7) is 0.528. The van der Waals surface area contributed by atoms with Crippen molar-refractivity contribution in [3.8, 4) is 5.75 Å². The van der Waals surface area contributed by atoms with Gasteiger partial charge in [0.1, 0.15) is 10.8 Å². The van der Waals surface area contributed by atoms with Crippen LogP contribution in [0.25, 0.3) is 0 Å². The smallest absolute Gasteiger partial charge is 0.227 e. The van der Waals surface area contributed by atoms with E-state index in [1.165, 1.54) is 11.3 Å². The Morgan fingerprint density at radius 2 is 1.94 bits per heavy atom. The Balaban J connectivity index is 1.32. The highest BCUT2D eigenvalue weighted by Gasteiger charge is 2.34. The van der Waals surface area contributed by atoms with Crippen molar-refractivity contribution in [3.63, 3.8) is 0 Å². The largest absolute Gasteiger partial charge is 0.497 e. The van der Waals surface area contributed by atoms with Gasteiger partial charge in [0.25, 0.3) is 0 Å². The normalized spacial score (nSPS) is 15.9. The highest BCUT2D eigenvalue weighted by atomic mass is 35.5. The number of halogens is 1. The van der Waals surface area contributed by atoms with Gasteiger partial charge in [-0.3, -0.25) is 9.59 Å². The molecule has 1 aliphatic rings. The molecule has 2 heterocycles. The van der Waals surface area contributed by atoms with E-state index in [-0.39, 0.29) is 17.7 Å². The van der Waals surface area contributed by atoms with Crippen LogP contribution >= 0.6 is 22.9 Å². The monoisotopic (exact) mass is 456 g/mol. The van der Waals surface area contributed by atoms with E-state index in [9.17, 15) is 9.59 Å². The molecule has 1 fully saturated rings. The van der Waals surface area contributed by atoms with E-state index in [2.05, 4.69) is 15.5 Å². The summed E-state index contributed by atoms with van der Waals surface area (Å²) in [7, 11) is 1.62. The molecule has 9 heteroatoms. The van der Waals surface area contributed by atoms with Crippen LogP contribution in [-0.4, -0.2) is 35.7 Å². The zero-order valence-corrected chi connectivity index (χ0v) is 18.4. The van der Waals surface area contributed by atoms with Gasteiger partial charge in [0.15, 0.2) is 0 Å². The third-order valence-electron chi connectivity index (χ3n) is 5.10. The molecule has 4 rings (SSSR count). The van der Waals surface area contributed by atoms with Crippen molar-refractivity contribution in [3.05, 3.63) is 64.1 Å². The summed E-state index contributed by atoms with van der Waals surface area (Å²) >= 11 is 7.25. The van der Waals surface area contributed by atoms with Gasteiger partial charge in [-0.15, -0.1) is 10.2 Å². The molecule has 0 bridgehead atoms. The average Bonchev–Trinajstić information content (AvgIpc) is 3.40. The fourth-order valence-electron chi connectivity index (χ4n) is 3.43. The molecule has 0 aliphatic carbocycles. The van der Waals surface area contributed by atoms with Crippen LogP contribution in [0.15, 0.2) is 48.5 Å². The molecule has 2 amide bonds. The van der Waals surface area contributed by atoms with Crippen molar-refractivity contribution in [2.45, 2.75) is 25.2 Å². The van der Waals surface area contributed by atoms with Gasteiger partial charge >= 0.3 is 0 Å². The molecule has 1 N–H and O–H groups in total. The second-order valence-corrected chi connectivity index (χ2v) is 8.67. The van der Waals surface area contributed by atoms with E-state index in [1.54, 1.807) is 24.1 Å². The van der Waals surface area contributed by atoms with Crippen LogP contribution in [0, 0.1) is 0 Å². The number of nitrogens with zero attached hydrogens (tertiary/aromatic N) is 3. The molecule has 31 heavy (non-hydrogen) atoms. The molecule has 0 unspecified atom stereocenters. The Bertz CT molecular complexity index is 1070. The summed E-state index contributed by atoms with van der Waals surface area (Å²) in [6, 6.07) is 14.8. The van der Waals surface area contributed by atoms with Crippen LogP contribution in [0.3, 0.4) is 0 Å². The summed E-state index contributed by atoms with van der Waals surface area (Å²) in [5.41, 5.74) is 1.87. The molecule has 1 aliphatic heterocycles. The van der Waals surface area contributed by atoms with Crippen LogP contribution in [0.2, 0.25) is 5.02 Å². The third-order valence-corrected chi connectivity index (χ3v) is 6.35. The summed E-state index contributed by atoms with van der Waals surface area (Å²) < 4.78 is 5.14. The SMILES string of the molecule is COc1ccc(CCC(=O)Nc2nnc([C@@H]3CC(=O)N(c4ccc(Cl)cc4)C3)s2)cc1. The molecule has 0 radical (unpaired) electrons. The van der Waals surface area contributed by atoms with Gasteiger partial charge in [-0.2, -0.15) is 0 Å². The number of nitrogens with one attached hydrogen (secondary N) is 1. The highest BCUT2D eigenvalue weighted by molar-refractivity contribution is 7.15. The summed E-state index contributed by atoms with van der Waals surface area (Å²) in [4.78, 5) is 26.5. The van der Waals surface area contributed by atoms with Gasteiger partial charge < -0.3 is 15.0 Å². The first kappa shape index (κ1) is 21.3. The van der Waals surface area contributed by atoms with Gasteiger partial charge in [0, 0.05) is 36.0 Å². The van der Waals surface area contributed by atoms with Crippen molar-refractivity contribution in [2.24, 2.45) is 0 Å². The van der Waals surface area contributed by atoms with Crippen LogP contribution in [-0.2, 0) is 16.0 Å². The second-order valence-electron chi connectivity index (χ2n) is 7.22. The van der Waals surface area contributed by atoms with Crippen LogP contribution in [0.1, 0.15) is 29.3 Å². The van der Waals surface area contributed by atoms with Gasteiger partial charge in [-0.25, -0.2) is 0 Å². The number of aryl methyl sites for hydroxylation is 1. The van der Waals surface area contributed by atoms with Gasteiger partial charge in [0.05, 0.1) is 7.11 Å². The minimum Gasteiger partial charge on any atom is -0.497 e. The number of anilines is 2. The fraction of sp³-hybridized carbons (Fsp3) is 0.273. The average molecular weight is 457 g/mol. The second kappa shape index (κ2) is 9.45. The number of ether oxygens (including phenoxy) is 1. The molecule has 0 spiro atoms. The highest BCUT2D eigenvalue weighted by Crippen LogP contribution is 2.34. The number of hydrogen-bond acceptors (Lipinski definition) is 6. The number of methoxy groups -OCH3 is 1. The minimum absolute atomic E-state index is 0.0348. The molecule has 2 aromatic carbocycles. The van der Waals surface area contributed by atoms with Crippen molar-refractivity contribution in [1.29, 1.82) is 0 Å². The van der Waals surface area contributed by atoms with E-state index in [0.717, 1.165) is 22.0 Å². The summed E-state index contributed by atoms with van der Waals surface area (Å²) in [5.74, 6) is 0.650. The maximum atomic E-state index is 12.5. The summed E-state index contributed by atoms with van der Waals surface area (Å²) in [6.07, 6.45) is 1.32. The molecule has 3 aromatic rings. The Labute approximate surface area is 189 Å². The number of benzene rings is 2. The van der Waals surface area contributed by atoms with Crippen molar-refractivity contribution in [2.75, 3.05) is 23.9 Å². The molecule has 1 aromatic heterocycles. The van der Waals surface area contributed by atoms with Crippen molar-refractivity contribution >= 4 is 45.6 Å². The first-order valence-corrected chi connectivity index (χ1v) is 11.0. The van der Waals surface area contributed by atoms with Crippen LogP contribution < -0.4 is 15.0 Å². The van der Waals surface area contributed by atoms with E-state index in [4.69, 9.17) is 16.3 Å². The molecule has 160 valence electrons. The lowest BCUT2D eigenvalue weighted by atomic mass is 10.1. The summed E-state index contributed by atoms with van der Waals surface area (Å²) in [5, 5.41) is 12.9. The lowest BCUT2D eigenvalue weighted by Crippen LogP contribution is -2.24. The quantitative estimate of drug-likeness (QED) is 0.573. The van der Waals surface area contributed by atoms with E-state index >= 15 is 0 Å². The van der Waals surface area contributed by atoms with Gasteiger partial charge in [-0.05, 0) is 48.4 Å².